The molecule has 0 unspecified atom stereocenters. The molecule has 5 heteroatoms. The predicted octanol–water partition coefficient (Wildman–Crippen LogP) is 3.52. The zero-order valence-corrected chi connectivity index (χ0v) is 16.2. The van der Waals surface area contributed by atoms with Crippen LogP contribution in [-0.2, 0) is 17.7 Å². The summed E-state index contributed by atoms with van der Waals surface area (Å²) in [7, 11) is 1.34. The van der Waals surface area contributed by atoms with Crippen LogP contribution in [0, 0.1) is 5.82 Å². The Bertz CT molecular complexity index is 757. The van der Waals surface area contributed by atoms with Gasteiger partial charge >= 0.3 is 5.97 Å². The fraction of sp³-hybridized carbons (Fsp3) is 0.682. The lowest BCUT2D eigenvalue weighted by Crippen LogP contribution is -2.62. The Balaban J connectivity index is 1.33. The topological polar surface area (TPSA) is 32.8 Å². The highest BCUT2D eigenvalue weighted by Gasteiger charge is 2.51. The van der Waals surface area contributed by atoms with Crippen molar-refractivity contribution in [3.8, 4) is 0 Å². The number of carbonyl (C=O) groups is 1. The van der Waals surface area contributed by atoms with E-state index in [-0.39, 0.29) is 5.82 Å². The third kappa shape index (κ3) is 2.99. The summed E-state index contributed by atoms with van der Waals surface area (Å²) in [5.41, 5.74) is 2.52. The van der Waals surface area contributed by atoms with Gasteiger partial charge in [-0.15, -0.1) is 0 Å². The lowest BCUT2D eigenvalue weighted by molar-refractivity contribution is -0.0590. The van der Waals surface area contributed by atoms with E-state index in [0.717, 1.165) is 30.1 Å². The largest absolute Gasteiger partial charge is 0.465 e. The molecule has 27 heavy (non-hydrogen) atoms. The Morgan fingerprint density at radius 3 is 2.67 bits per heavy atom. The van der Waals surface area contributed by atoms with Crippen LogP contribution in [0.1, 0.15) is 66.4 Å². The van der Waals surface area contributed by atoms with Crippen LogP contribution in [-0.4, -0.2) is 53.6 Å². The molecule has 2 aliphatic heterocycles. The van der Waals surface area contributed by atoms with Gasteiger partial charge in [0.2, 0.25) is 0 Å². The molecule has 1 atom stereocenters. The van der Waals surface area contributed by atoms with Crippen molar-refractivity contribution in [1.82, 2.24) is 9.80 Å². The van der Waals surface area contributed by atoms with E-state index in [1.807, 2.05) is 6.07 Å². The van der Waals surface area contributed by atoms with Crippen LogP contribution in [0.5, 0.6) is 0 Å². The smallest absolute Gasteiger partial charge is 0.337 e. The van der Waals surface area contributed by atoms with E-state index in [1.165, 1.54) is 64.7 Å². The highest BCUT2D eigenvalue weighted by atomic mass is 19.1. The van der Waals surface area contributed by atoms with Crippen LogP contribution in [0.3, 0.4) is 0 Å². The first kappa shape index (κ1) is 17.6. The van der Waals surface area contributed by atoms with E-state index in [9.17, 15) is 9.18 Å². The number of hydrogen-bond acceptors (Lipinski definition) is 4. The fourth-order valence-corrected chi connectivity index (χ4v) is 5.71. The van der Waals surface area contributed by atoms with Gasteiger partial charge in [-0.1, -0.05) is 0 Å². The molecule has 0 aromatic heterocycles. The molecule has 1 spiro atoms. The van der Waals surface area contributed by atoms with Crippen LogP contribution in [0.25, 0.3) is 0 Å². The number of esters is 1. The van der Waals surface area contributed by atoms with E-state index in [4.69, 9.17) is 4.74 Å². The van der Waals surface area contributed by atoms with Crippen molar-refractivity contribution in [2.24, 2.45) is 0 Å². The summed E-state index contributed by atoms with van der Waals surface area (Å²) in [6.07, 6.45) is 10.1. The molecular formula is C22H29FN2O2. The maximum atomic E-state index is 14.7. The summed E-state index contributed by atoms with van der Waals surface area (Å²) >= 11 is 0. The van der Waals surface area contributed by atoms with Crippen molar-refractivity contribution >= 4 is 5.97 Å². The second-order valence-electron chi connectivity index (χ2n) is 8.96. The molecule has 0 radical (unpaired) electrons. The van der Waals surface area contributed by atoms with E-state index in [0.29, 0.717) is 23.7 Å². The fourth-order valence-electron chi connectivity index (χ4n) is 5.71. The summed E-state index contributed by atoms with van der Waals surface area (Å²) in [6.45, 7) is 2.84. The molecule has 1 aromatic rings. The molecule has 4 nitrogen and oxygen atoms in total. The Labute approximate surface area is 160 Å². The first-order chi connectivity index (χ1) is 13.1. The quantitative estimate of drug-likeness (QED) is 0.760. The molecule has 1 saturated heterocycles. The lowest BCUT2D eigenvalue weighted by atomic mass is 9.68. The Morgan fingerprint density at radius 1 is 1.19 bits per heavy atom. The molecule has 4 aliphatic rings. The van der Waals surface area contributed by atoms with E-state index < -0.39 is 5.97 Å². The summed E-state index contributed by atoms with van der Waals surface area (Å²) < 4.78 is 19.5. The van der Waals surface area contributed by atoms with Gasteiger partial charge in [0.1, 0.15) is 5.82 Å². The average Bonchev–Trinajstić information content (AvgIpc) is 3.50. The van der Waals surface area contributed by atoms with Gasteiger partial charge in [-0.3, -0.25) is 9.80 Å². The molecule has 2 heterocycles. The highest BCUT2D eigenvalue weighted by Crippen LogP contribution is 2.50. The maximum absolute atomic E-state index is 14.7. The third-order valence-electron chi connectivity index (χ3n) is 7.45. The number of piperidine rings is 1. The van der Waals surface area contributed by atoms with Crippen molar-refractivity contribution in [3.05, 3.63) is 34.6 Å². The number of ether oxygens (including phenoxy) is 1. The second-order valence-corrected chi connectivity index (χ2v) is 8.96. The monoisotopic (exact) mass is 372 g/mol. The normalized spacial score (nSPS) is 27.9. The number of carbonyl (C=O) groups excluding carboxylic acids is 1. The molecule has 2 aliphatic carbocycles. The van der Waals surface area contributed by atoms with Crippen molar-refractivity contribution in [1.29, 1.82) is 0 Å². The van der Waals surface area contributed by atoms with Crippen molar-refractivity contribution in [3.63, 3.8) is 0 Å². The van der Waals surface area contributed by atoms with Crippen LogP contribution in [0.4, 0.5) is 4.39 Å². The SMILES string of the molecule is COC(=O)c1cc(F)c2c(c1)CCN([C@@H]1CCN(C3CC3)C3(CCC3)C1)C2. The van der Waals surface area contributed by atoms with Gasteiger partial charge < -0.3 is 4.74 Å². The van der Waals surface area contributed by atoms with Crippen LogP contribution < -0.4 is 0 Å². The zero-order chi connectivity index (χ0) is 18.6. The van der Waals surface area contributed by atoms with Gasteiger partial charge in [0.15, 0.2) is 0 Å². The molecular weight excluding hydrogens is 343 g/mol. The average molecular weight is 372 g/mol. The maximum Gasteiger partial charge on any atom is 0.337 e. The minimum absolute atomic E-state index is 0.258. The minimum atomic E-state index is -0.460. The molecule has 2 saturated carbocycles. The van der Waals surface area contributed by atoms with Gasteiger partial charge in [0.05, 0.1) is 12.7 Å². The van der Waals surface area contributed by atoms with E-state index in [1.54, 1.807) is 0 Å². The van der Waals surface area contributed by atoms with E-state index in [2.05, 4.69) is 9.80 Å². The number of rotatable bonds is 3. The lowest BCUT2D eigenvalue weighted by Gasteiger charge is -2.57. The molecule has 146 valence electrons. The van der Waals surface area contributed by atoms with Crippen LogP contribution in [0.15, 0.2) is 12.1 Å². The first-order valence-corrected chi connectivity index (χ1v) is 10.5. The summed E-state index contributed by atoms with van der Waals surface area (Å²) in [4.78, 5) is 17.1. The van der Waals surface area contributed by atoms with Crippen LogP contribution >= 0.6 is 0 Å². The number of halogens is 1. The first-order valence-electron chi connectivity index (χ1n) is 10.5. The summed E-state index contributed by atoms with van der Waals surface area (Å²) in [5, 5.41) is 0. The van der Waals surface area contributed by atoms with Gasteiger partial charge in [0.25, 0.3) is 0 Å². The van der Waals surface area contributed by atoms with Crippen LogP contribution in [0.2, 0.25) is 0 Å². The van der Waals surface area contributed by atoms with Gasteiger partial charge in [-0.05, 0) is 69.1 Å². The Morgan fingerprint density at radius 2 is 2.00 bits per heavy atom. The molecule has 0 N–H and O–H groups in total. The minimum Gasteiger partial charge on any atom is -0.465 e. The summed E-state index contributed by atoms with van der Waals surface area (Å²) in [6, 6.07) is 4.58. The van der Waals surface area contributed by atoms with Gasteiger partial charge in [-0.2, -0.15) is 0 Å². The number of fused-ring (bicyclic) bond motifs is 1. The second kappa shape index (κ2) is 6.56. The standard InChI is InChI=1S/C22H29FN2O2/c1-27-21(26)16-11-15-5-9-24(14-19(15)20(23)12-16)18-6-10-25(17-3-4-17)22(13-18)7-2-8-22/h11-12,17-18H,2-10,13-14H2,1H3/t18-/m1/s1. The Kier molecular flexibility index (Phi) is 4.28. The zero-order valence-electron chi connectivity index (χ0n) is 16.2. The van der Waals surface area contributed by atoms with Crippen molar-refractivity contribution in [2.45, 2.75) is 75.5 Å². The number of benzene rings is 1. The van der Waals surface area contributed by atoms with Crippen molar-refractivity contribution < 1.29 is 13.9 Å². The van der Waals surface area contributed by atoms with Gasteiger partial charge in [0, 0.05) is 42.8 Å². The van der Waals surface area contributed by atoms with Crippen molar-refractivity contribution in [2.75, 3.05) is 20.2 Å². The number of likely N-dealkylation sites (tertiary alicyclic amines) is 1. The molecule has 5 rings (SSSR count). The number of hydrogen-bond donors (Lipinski definition) is 0. The molecule has 0 bridgehead atoms. The van der Waals surface area contributed by atoms with Gasteiger partial charge in [-0.25, -0.2) is 9.18 Å². The highest BCUT2D eigenvalue weighted by molar-refractivity contribution is 5.89. The number of nitrogens with zero attached hydrogens (tertiary/aromatic N) is 2. The molecule has 0 amide bonds. The summed E-state index contributed by atoms with van der Waals surface area (Å²) in [5.74, 6) is -0.718. The molecule has 3 fully saturated rings. The number of methoxy groups -OCH3 is 1. The Hall–Kier alpha value is -1.46. The molecule has 1 aromatic carbocycles. The predicted molar refractivity (Wildman–Crippen MR) is 101 cm³/mol. The third-order valence-corrected chi connectivity index (χ3v) is 7.45. The van der Waals surface area contributed by atoms with E-state index >= 15 is 0 Å².